The van der Waals surface area contributed by atoms with Crippen molar-refractivity contribution in [2.75, 3.05) is 0 Å². The first-order valence-electron chi connectivity index (χ1n) is 10.4. The van der Waals surface area contributed by atoms with Crippen LogP contribution in [-0.4, -0.2) is 18.9 Å². The molecule has 4 heterocycles. The van der Waals surface area contributed by atoms with Gasteiger partial charge in [0.15, 0.2) is 0 Å². The van der Waals surface area contributed by atoms with Crippen LogP contribution in [0.25, 0.3) is 49.4 Å². The summed E-state index contributed by atoms with van der Waals surface area (Å²) in [6.45, 7) is 8.75. The summed E-state index contributed by atoms with van der Waals surface area (Å²) >= 11 is 0. The lowest BCUT2D eigenvalue weighted by Crippen LogP contribution is -2.13. The molecule has 0 saturated heterocycles. The molecule has 0 unspecified atom stereocenters. The maximum Gasteiger partial charge on any atom is 0.147 e. The number of fused-ring (bicyclic) bond motifs is 8. The molecule has 0 spiro atoms. The number of hydrogen-bond acceptors (Lipinski definition) is 2. The molecule has 0 saturated carbocycles. The smallest absolute Gasteiger partial charge is 0.147 e. The van der Waals surface area contributed by atoms with E-state index in [2.05, 4.69) is 98.3 Å². The molecule has 0 bridgehead atoms. The Balaban J connectivity index is 1.75. The standard InChI is InChI=1S/C26H24N4/c1-15-12-19-17(10-11-24(27-19)26(2,3)4)25-28-20-14-22-18(13-23(20)30(15)25)16-8-6-7-9-21(16)29(22)5/h6-14H,1-5H3. The zero-order chi connectivity index (χ0) is 20.8. The molecular weight excluding hydrogens is 368 g/mol. The molecule has 30 heavy (non-hydrogen) atoms. The zero-order valence-corrected chi connectivity index (χ0v) is 18.0. The molecule has 0 amide bonds. The Morgan fingerprint density at radius 3 is 2.33 bits per heavy atom. The zero-order valence-electron chi connectivity index (χ0n) is 18.0. The maximum atomic E-state index is 5.07. The number of nitrogens with zero attached hydrogens (tertiary/aromatic N) is 4. The third-order valence-electron chi connectivity index (χ3n) is 6.32. The SMILES string of the molecule is Cc1cc2nc(C(C)(C)C)ccc2c2nc3cc4c(cc3n12)c1ccccc1n4C. The second kappa shape index (κ2) is 5.60. The highest BCUT2D eigenvalue weighted by molar-refractivity contribution is 6.12. The van der Waals surface area contributed by atoms with E-state index in [1.165, 1.54) is 21.8 Å². The fourth-order valence-corrected chi connectivity index (χ4v) is 4.72. The minimum atomic E-state index is 0.0210. The number of aromatic nitrogens is 4. The lowest BCUT2D eigenvalue weighted by Gasteiger charge is -2.18. The summed E-state index contributed by atoms with van der Waals surface area (Å²) in [6, 6.07) is 19.6. The van der Waals surface area contributed by atoms with Gasteiger partial charge in [-0.1, -0.05) is 39.0 Å². The van der Waals surface area contributed by atoms with Crippen LogP contribution >= 0.6 is 0 Å². The van der Waals surface area contributed by atoms with Crippen LogP contribution in [0.1, 0.15) is 32.2 Å². The van der Waals surface area contributed by atoms with Crippen LogP contribution in [0.2, 0.25) is 0 Å². The second-order valence-electron chi connectivity index (χ2n) is 9.37. The average Bonchev–Trinajstić information content (AvgIpc) is 3.22. The summed E-state index contributed by atoms with van der Waals surface area (Å²) in [6.07, 6.45) is 0. The van der Waals surface area contributed by atoms with E-state index in [-0.39, 0.29) is 5.41 Å². The Morgan fingerprint density at radius 2 is 1.53 bits per heavy atom. The molecule has 0 radical (unpaired) electrons. The van der Waals surface area contributed by atoms with Gasteiger partial charge in [-0.2, -0.15) is 0 Å². The van der Waals surface area contributed by atoms with Crippen LogP contribution in [0.3, 0.4) is 0 Å². The van der Waals surface area contributed by atoms with Crippen molar-refractivity contribution in [3.8, 4) is 0 Å². The molecule has 0 atom stereocenters. The molecule has 4 heteroatoms. The topological polar surface area (TPSA) is 35.1 Å². The monoisotopic (exact) mass is 392 g/mol. The van der Waals surface area contributed by atoms with Crippen LogP contribution in [0, 0.1) is 6.92 Å². The fraction of sp³-hybridized carbons (Fsp3) is 0.231. The first-order chi connectivity index (χ1) is 14.3. The minimum absolute atomic E-state index is 0.0210. The quantitative estimate of drug-likeness (QED) is 0.305. The molecule has 6 aromatic rings. The van der Waals surface area contributed by atoms with E-state index in [9.17, 15) is 0 Å². The Kier molecular flexibility index (Phi) is 3.26. The van der Waals surface area contributed by atoms with Gasteiger partial charge < -0.3 is 4.57 Å². The Bertz CT molecular complexity index is 1640. The van der Waals surface area contributed by atoms with Crippen LogP contribution in [0.15, 0.2) is 54.6 Å². The van der Waals surface area contributed by atoms with Crippen LogP contribution in [-0.2, 0) is 12.5 Å². The highest BCUT2D eigenvalue weighted by atomic mass is 15.0. The molecule has 6 rings (SSSR count). The van der Waals surface area contributed by atoms with E-state index in [1.807, 2.05) is 0 Å². The largest absolute Gasteiger partial charge is 0.344 e. The minimum Gasteiger partial charge on any atom is -0.344 e. The van der Waals surface area contributed by atoms with E-state index < -0.39 is 0 Å². The van der Waals surface area contributed by atoms with Crippen molar-refractivity contribution in [1.29, 1.82) is 0 Å². The van der Waals surface area contributed by atoms with E-state index in [0.29, 0.717) is 0 Å². The van der Waals surface area contributed by atoms with Crippen molar-refractivity contribution in [2.24, 2.45) is 7.05 Å². The Morgan fingerprint density at radius 1 is 0.733 bits per heavy atom. The van der Waals surface area contributed by atoms with E-state index in [4.69, 9.17) is 9.97 Å². The third kappa shape index (κ3) is 2.22. The number of pyridine rings is 2. The van der Waals surface area contributed by atoms with E-state index in [1.54, 1.807) is 0 Å². The van der Waals surface area contributed by atoms with Crippen molar-refractivity contribution >= 4 is 49.4 Å². The fourth-order valence-electron chi connectivity index (χ4n) is 4.72. The predicted molar refractivity (Wildman–Crippen MR) is 125 cm³/mol. The number of imidazole rings is 1. The van der Waals surface area contributed by atoms with Crippen LogP contribution in [0.4, 0.5) is 0 Å². The van der Waals surface area contributed by atoms with Gasteiger partial charge >= 0.3 is 0 Å². The van der Waals surface area contributed by atoms with Gasteiger partial charge in [-0.25, -0.2) is 4.98 Å². The van der Waals surface area contributed by atoms with Gasteiger partial charge in [0, 0.05) is 45.5 Å². The summed E-state index contributed by atoms with van der Waals surface area (Å²) < 4.78 is 4.54. The number of para-hydroxylation sites is 1. The highest BCUT2D eigenvalue weighted by Crippen LogP contribution is 2.34. The molecule has 0 aliphatic heterocycles. The normalized spacial score (nSPS) is 12.8. The average molecular weight is 393 g/mol. The molecule has 0 N–H and O–H groups in total. The van der Waals surface area contributed by atoms with Gasteiger partial charge in [0.2, 0.25) is 0 Å². The van der Waals surface area contributed by atoms with Gasteiger partial charge in [-0.15, -0.1) is 0 Å². The summed E-state index contributed by atoms with van der Waals surface area (Å²) in [5.74, 6) is 0. The number of aryl methyl sites for hydroxylation is 2. The van der Waals surface area contributed by atoms with Gasteiger partial charge in [-0.3, -0.25) is 9.38 Å². The number of hydrogen-bond donors (Lipinski definition) is 0. The maximum absolute atomic E-state index is 5.07. The van der Waals surface area contributed by atoms with Gasteiger partial charge in [0.25, 0.3) is 0 Å². The third-order valence-corrected chi connectivity index (χ3v) is 6.32. The van der Waals surface area contributed by atoms with Crippen molar-refractivity contribution in [3.05, 3.63) is 66.0 Å². The predicted octanol–water partition coefficient (Wildman–Crippen LogP) is 6.29. The van der Waals surface area contributed by atoms with E-state index >= 15 is 0 Å². The van der Waals surface area contributed by atoms with Gasteiger partial charge in [0.05, 0.1) is 22.1 Å². The molecule has 4 aromatic heterocycles. The number of benzene rings is 2. The van der Waals surface area contributed by atoms with Gasteiger partial charge in [0.1, 0.15) is 5.65 Å². The first-order valence-corrected chi connectivity index (χ1v) is 10.4. The number of rotatable bonds is 0. The summed E-state index contributed by atoms with van der Waals surface area (Å²) in [7, 11) is 2.13. The summed E-state index contributed by atoms with van der Waals surface area (Å²) in [5.41, 5.74) is 8.89. The lowest BCUT2D eigenvalue weighted by molar-refractivity contribution is 0.571. The van der Waals surface area contributed by atoms with Crippen molar-refractivity contribution in [2.45, 2.75) is 33.1 Å². The van der Waals surface area contributed by atoms with Crippen molar-refractivity contribution in [1.82, 2.24) is 18.9 Å². The van der Waals surface area contributed by atoms with E-state index in [0.717, 1.165) is 39.0 Å². The first kappa shape index (κ1) is 17.5. The molecule has 4 nitrogen and oxygen atoms in total. The summed E-state index contributed by atoms with van der Waals surface area (Å²) in [5, 5.41) is 3.64. The van der Waals surface area contributed by atoms with Crippen molar-refractivity contribution < 1.29 is 0 Å². The lowest BCUT2D eigenvalue weighted by atomic mass is 9.91. The molecular formula is C26H24N4. The molecule has 148 valence electrons. The Hall–Kier alpha value is -3.40. The molecule has 0 fully saturated rings. The Labute approximate surface area is 174 Å². The summed E-state index contributed by atoms with van der Waals surface area (Å²) in [4.78, 5) is 10.0. The molecule has 2 aromatic carbocycles. The molecule has 0 aliphatic rings. The molecule has 0 aliphatic carbocycles. The van der Waals surface area contributed by atoms with Crippen LogP contribution in [0.5, 0.6) is 0 Å². The second-order valence-corrected chi connectivity index (χ2v) is 9.37. The highest BCUT2D eigenvalue weighted by Gasteiger charge is 2.19. The van der Waals surface area contributed by atoms with Crippen molar-refractivity contribution in [3.63, 3.8) is 0 Å². The van der Waals surface area contributed by atoms with Crippen LogP contribution < -0.4 is 0 Å². The van der Waals surface area contributed by atoms with Gasteiger partial charge in [-0.05, 0) is 43.3 Å².